The second-order valence-corrected chi connectivity index (χ2v) is 10.7. The number of fused-ring (bicyclic) bond motifs is 6. The van der Waals surface area contributed by atoms with Gasteiger partial charge in [0.2, 0.25) is 0 Å². The SMILES string of the molecule is CC1(C)O[C@@H]2[C@H](O1)[C@H]1OC(C)(C)O[C@H]1O[C@@H]2[C@@H]1CC2(C[C@H]3C=C[C@@H]2C3)[C](=[Cr])O1.[C-]#[O+].[C-]#[O+].[C-]#[O+].[C-]#[O+].[C-]#[O+]. The van der Waals surface area contributed by atoms with Gasteiger partial charge >= 0.3 is 230 Å². The summed E-state index contributed by atoms with van der Waals surface area (Å²) in [5.74, 6) is -0.142. The van der Waals surface area contributed by atoms with E-state index in [9.17, 15) is 0 Å². The minimum absolute atomic E-state index is 0.0812. The normalized spacial score (nSPS) is 40.9. The van der Waals surface area contributed by atoms with Gasteiger partial charge in [0.25, 0.3) is 0 Å². The van der Waals surface area contributed by atoms with E-state index in [1.54, 1.807) is 0 Å². The predicted molar refractivity (Wildman–Crippen MR) is 114 cm³/mol. The van der Waals surface area contributed by atoms with Crippen molar-refractivity contribution in [2.24, 2.45) is 17.3 Å². The summed E-state index contributed by atoms with van der Waals surface area (Å²) in [6.07, 6.45) is 6.53. The Morgan fingerprint density at radius 1 is 0.711 bits per heavy atom. The van der Waals surface area contributed by atoms with Gasteiger partial charge in [-0.05, 0) is 0 Å². The topological polar surface area (TPSA) is 155 Å². The van der Waals surface area contributed by atoms with Gasteiger partial charge in [0.05, 0.1) is 0 Å². The molecule has 0 radical (unpaired) electrons. The zero-order valence-corrected chi connectivity index (χ0v) is 22.6. The van der Waals surface area contributed by atoms with Crippen LogP contribution in [0.4, 0.5) is 0 Å². The molecule has 1 unspecified atom stereocenters. The van der Waals surface area contributed by atoms with E-state index in [1.807, 2.05) is 27.7 Å². The van der Waals surface area contributed by atoms with Gasteiger partial charge in [-0.25, -0.2) is 0 Å². The molecule has 0 aromatic rings. The van der Waals surface area contributed by atoms with Crippen LogP contribution in [0.15, 0.2) is 12.2 Å². The summed E-state index contributed by atoms with van der Waals surface area (Å²) in [7, 11) is 0. The first-order chi connectivity index (χ1) is 18.2. The third kappa shape index (κ3) is 6.49. The number of rotatable bonds is 1. The van der Waals surface area contributed by atoms with Crippen molar-refractivity contribution in [3.8, 4) is 0 Å². The summed E-state index contributed by atoms with van der Waals surface area (Å²) in [6, 6.07) is 0. The molecule has 0 N–H and O–H groups in total. The van der Waals surface area contributed by atoms with Crippen LogP contribution in [0.2, 0.25) is 0 Å². The molecule has 4 aliphatic heterocycles. The Morgan fingerprint density at radius 3 is 1.71 bits per heavy atom. The monoisotopic (exact) mass is 568 g/mol. The third-order valence-corrected chi connectivity index (χ3v) is 8.08. The first kappa shape index (κ1) is 34.6. The quantitative estimate of drug-likeness (QED) is 0.268. The Kier molecular flexibility index (Phi) is 13.0. The second kappa shape index (κ2) is 14.3. The molecule has 38 heavy (non-hydrogen) atoms. The van der Waals surface area contributed by atoms with Crippen molar-refractivity contribution in [3.05, 3.63) is 45.4 Å². The standard InChI is InChI=1S/C21H28O6.5CO.Cr/c1-19(2)24-15-14(23-18-17(16(15)25-19)26-20(3,4)27-18)13-9-21(10-22-13)8-11-5-6-12(21)7-11;5*1-2;/h5-6,11-18H,7-9H2,1-4H3;;;;;;/t11-,12+,13-,14+,15-,16-,17+,18+,21?;;;;;;/m0....../s1. The van der Waals surface area contributed by atoms with E-state index >= 15 is 0 Å². The molecule has 12 heteroatoms. The van der Waals surface area contributed by atoms with Crippen LogP contribution in [0.3, 0.4) is 0 Å². The first-order valence-electron chi connectivity index (χ1n) is 11.4. The number of hydrogen-bond donors (Lipinski definition) is 0. The zero-order chi connectivity index (χ0) is 29.5. The molecule has 4 heterocycles. The molecule has 204 valence electrons. The summed E-state index contributed by atoms with van der Waals surface area (Å²) in [4.78, 5) is 0. The van der Waals surface area contributed by atoms with Crippen LogP contribution < -0.4 is 0 Å². The van der Waals surface area contributed by atoms with Crippen molar-refractivity contribution in [3.63, 3.8) is 0 Å². The Hall–Kier alpha value is -1.40. The van der Waals surface area contributed by atoms with Crippen molar-refractivity contribution in [1.29, 1.82) is 0 Å². The summed E-state index contributed by atoms with van der Waals surface area (Å²) in [5.41, 5.74) is 0.0983. The van der Waals surface area contributed by atoms with Crippen molar-refractivity contribution in [2.75, 3.05) is 0 Å². The minimum atomic E-state index is -0.701. The Morgan fingerprint density at radius 2 is 1.21 bits per heavy atom. The van der Waals surface area contributed by atoms with Gasteiger partial charge in [0.15, 0.2) is 0 Å². The molecule has 1 spiro atoms. The van der Waals surface area contributed by atoms with Crippen molar-refractivity contribution >= 4 is 4.57 Å². The first-order valence-corrected chi connectivity index (χ1v) is 12.1. The molecule has 4 saturated heterocycles. The van der Waals surface area contributed by atoms with Gasteiger partial charge in [0.1, 0.15) is 0 Å². The van der Waals surface area contributed by atoms with Crippen molar-refractivity contribution in [2.45, 2.75) is 95.3 Å². The van der Waals surface area contributed by atoms with Crippen LogP contribution in [0.5, 0.6) is 0 Å². The summed E-state index contributed by atoms with van der Waals surface area (Å²) in [6.45, 7) is 30.2. The Bertz CT molecular complexity index is 930. The molecule has 0 aromatic heterocycles. The fourth-order valence-electron chi connectivity index (χ4n) is 6.29. The molecular weight excluding hydrogens is 540 g/mol. The van der Waals surface area contributed by atoms with E-state index in [0.29, 0.717) is 11.8 Å². The van der Waals surface area contributed by atoms with Crippen LogP contribution in [0, 0.1) is 50.5 Å². The van der Waals surface area contributed by atoms with Crippen LogP contribution in [-0.2, 0) is 67.5 Å². The Labute approximate surface area is 230 Å². The molecule has 6 rings (SSSR count). The van der Waals surface area contributed by atoms with Crippen LogP contribution in [0.1, 0.15) is 47.0 Å². The average Bonchev–Trinajstić information content (AvgIpc) is 3.73. The van der Waals surface area contributed by atoms with E-state index < -0.39 is 17.9 Å². The van der Waals surface area contributed by atoms with E-state index in [-0.39, 0.29) is 35.9 Å². The molecule has 11 nitrogen and oxygen atoms in total. The van der Waals surface area contributed by atoms with Crippen LogP contribution >= 0.6 is 0 Å². The van der Waals surface area contributed by atoms with Gasteiger partial charge in [-0.15, -0.1) is 0 Å². The molecular formula is C26H28CrO11. The number of ether oxygens (including phenoxy) is 6. The molecule has 5 fully saturated rings. The third-order valence-electron chi connectivity index (χ3n) is 7.30. The zero-order valence-electron chi connectivity index (χ0n) is 21.3. The Balaban J connectivity index is 0.000000653. The van der Waals surface area contributed by atoms with Crippen LogP contribution in [-0.4, -0.2) is 53.0 Å². The molecule has 9 atom stereocenters. The van der Waals surface area contributed by atoms with Gasteiger partial charge in [-0.3, -0.25) is 0 Å². The van der Waals surface area contributed by atoms with Gasteiger partial charge in [-0.2, -0.15) is 0 Å². The number of allylic oxidation sites excluding steroid dienone is 2. The van der Waals surface area contributed by atoms with Gasteiger partial charge in [0, 0.05) is 0 Å². The maximum absolute atomic E-state index is 7.50. The summed E-state index contributed by atoms with van der Waals surface area (Å²) in [5, 5.41) is 0. The maximum atomic E-state index is 7.50. The average molecular weight is 568 g/mol. The van der Waals surface area contributed by atoms with E-state index in [1.165, 1.54) is 6.42 Å². The van der Waals surface area contributed by atoms with Crippen molar-refractivity contribution < 1.29 is 67.5 Å². The fourth-order valence-corrected chi connectivity index (χ4v) is 6.98. The van der Waals surface area contributed by atoms with E-state index in [0.717, 1.165) is 17.4 Å². The molecule has 0 aromatic carbocycles. The summed E-state index contributed by atoms with van der Waals surface area (Å²) < 4.78 is 76.1. The van der Waals surface area contributed by atoms with Gasteiger partial charge < -0.3 is 0 Å². The predicted octanol–water partition coefficient (Wildman–Crippen LogP) is 2.24. The number of hydrogen-bond acceptors (Lipinski definition) is 6. The van der Waals surface area contributed by atoms with E-state index in [2.05, 4.69) is 61.3 Å². The molecule has 2 bridgehead atoms. The molecule has 1 saturated carbocycles. The fraction of sp³-hybridized carbons (Fsp3) is 0.692. The van der Waals surface area contributed by atoms with Gasteiger partial charge in [-0.1, -0.05) is 0 Å². The van der Waals surface area contributed by atoms with E-state index in [4.69, 9.17) is 51.7 Å². The molecule has 6 aliphatic rings. The second-order valence-electron chi connectivity index (χ2n) is 10.1. The molecule has 2 aliphatic carbocycles. The summed E-state index contributed by atoms with van der Waals surface area (Å²) >= 11 is 3.24. The molecule has 0 amide bonds. The van der Waals surface area contributed by atoms with Crippen LogP contribution in [0.25, 0.3) is 0 Å². The van der Waals surface area contributed by atoms with Crippen molar-refractivity contribution in [1.82, 2.24) is 0 Å².